The zero-order valence-electron chi connectivity index (χ0n) is 17.3. The van der Waals surface area contributed by atoms with Gasteiger partial charge in [0.05, 0.1) is 0 Å². The predicted octanol–water partition coefficient (Wildman–Crippen LogP) is 3.89. The van der Waals surface area contributed by atoms with Gasteiger partial charge in [-0.25, -0.2) is 13.1 Å². The number of thiophene rings is 1. The van der Waals surface area contributed by atoms with E-state index in [0.29, 0.717) is 10.8 Å². The van der Waals surface area contributed by atoms with Crippen molar-refractivity contribution in [2.45, 2.75) is 23.2 Å². The monoisotopic (exact) mass is 441 g/mol. The molecule has 2 heterocycles. The van der Waals surface area contributed by atoms with Gasteiger partial charge in [0.2, 0.25) is 10.0 Å². The number of nitrogens with one attached hydrogen (secondary N) is 1. The molecule has 0 amide bonds. The summed E-state index contributed by atoms with van der Waals surface area (Å²) >= 11 is 1.24. The second-order valence-corrected chi connectivity index (χ2v) is 10.7. The third-order valence-corrected chi connectivity index (χ3v) is 8.44. The fourth-order valence-corrected chi connectivity index (χ4v) is 5.99. The van der Waals surface area contributed by atoms with Crippen molar-refractivity contribution in [1.29, 1.82) is 0 Å². The van der Waals surface area contributed by atoms with Crippen LogP contribution in [0.5, 0.6) is 0 Å². The lowest BCUT2D eigenvalue weighted by Crippen LogP contribution is -2.40. The van der Waals surface area contributed by atoms with Crippen LogP contribution in [0.25, 0.3) is 0 Å². The highest BCUT2D eigenvalue weighted by molar-refractivity contribution is 7.91. The smallest absolute Gasteiger partial charge is 0.250 e. The first kappa shape index (κ1) is 21.1. The maximum atomic E-state index is 12.7. The van der Waals surface area contributed by atoms with Crippen LogP contribution >= 0.6 is 11.3 Å². The minimum atomic E-state index is -3.51. The Bertz CT molecular complexity index is 1080. The molecular weight excluding hydrogens is 414 g/mol. The molecule has 4 rings (SSSR count). The van der Waals surface area contributed by atoms with Crippen LogP contribution in [0.2, 0.25) is 0 Å². The molecule has 0 saturated heterocycles. The normalized spacial score (nSPS) is 15.5. The zero-order valence-corrected chi connectivity index (χ0v) is 18.9. The van der Waals surface area contributed by atoms with Crippen LogP contribution in [-0.2, 0) is 23.0 Å². The van der Waals surface area contributed by atoms with Gasteiger partial charge in [-0.15, -0.1) is 11.3 Å². The molecule has 1 atom stereocenters. The first-order valence-electron chi connectivity index (χ1n) is 10.1. The third kappa shape index (κ3) is 4.59. The van der Waals surface area contributed by atoms with E-state index >= 15 is 0 Å². The van der Waals surface area contributed by atoms with E-state index in [1.54, 1.807) is 17.5 Å². The van der Waals surface area contributed by atoms with Crippen LogP contribution in [0.1, 0.15) is 22.7 Å². The summed E-state index contributed by atoms with van der Waals surface area (Å²) in [6, 6.07) is 20.3. The van der Waals surface area contributed by atoms with Crippen molar-refractivity contribution in [2.75, 3.05) is 32.1 Å². The standard InChI is InChI=1S/C23H27N3O2S2/c1-25(2)21-11-9-19(10-12-21)22(16-24-30(27,28)23-8-5-15-29-23)26-14-13-18-6-3-4-7-20(18)17-26/h3-12,15,22,24H,13-14,16-17H2,1-2H3/t22-/m0/s1. The lowest BCUT2D eigenvalue weighted by Gasteiger charge is -2.36. The number of fused-ring (bicyclic) bond motifs is 1. The Morgan fingerprint density at radius 2 is 1.77 bits per heavy atom. The number of nitrogens with zero attached hydrogens (tertiary/aromatic N) is 2. The van der Waals surface area contributed by atoms with Gasteiger partial charge in [-0.2, -0.15) is 0 Å². The predicted molar refractivity (Wildman–Crippen MR) is 124 cm³/mol. The van der Waals surface area contributed by atoms with Crippen LogP contribution < -0.4 is 9.62 Å². The van der Waals surface area contributed by atoms with Crippen LogP contribution in [0.3, 0.4) is 0 Å². The molecule has 0 saturated carbocycles. The number of sulfonamides is 1. The molecule has 1 aliphatic heterocycles. The average Bonchev–Trinajstić information content (AvgIpc) is 3.30. The first-order chi connectivity index (χ1) is 14.4. The number of hydrogen-bond donors (Lipinski definition) is 1. The molecule has 3 aromatic rings. The Balaban J connectivity index is 1.60. The molecule has 0 unspecified atom stereocenters. The van der Waals surface area contributed by atoms with Gasteiger partial charge >= 0.3 is 0 Å². The van der Waals surface area contributed by atoms with E-state index in [0.717, 1.165) is 30.8 Å². The Labute approximate surface area is 183 Å². The van der Waals surface area contributed by atoms with Crippen LogP contribution in [-0.4, -0.2) is 40.5 Å². The zero-order chi connectivity index (χ0) is 21.1. The van der Waals surface area contributed by atoms with Crippen molar-refractivity contribution < 1.29 is 8.42 Å². The summed E-state index contributed by atoms with van der Waals surface area (Å²) in [6.45, 7) is 2.05. The summed E-state index contributed by atoms with van der Waals surface area (Å²) in [5, 5.41) is 1.79. The minimum absolute atomic E-state index is 0.0377. The molecule has 5 nitrogen and oxygen atoms in total. The summed E-state index contributed by atoms with van der Waals surface area (Å²) in [6.07, 6.45) is 0.972. The van der Waals surface area contributed by atoms with Crippen molar-refractivity contribution in [3.8, 4) is 0 Å². The summed E-state index contributed by atoms with van der Waals surface area (Å²) < 4.78 is 28.7. The van der Waals surface area contributed by atoms with E-state index in [1.807, 2.05) is 14.1 Å². The fraction of sp³-hybridized carbons (Fsp3) is 0.304. The van der Waals surface area contributed by atoms with Gasteiger partial charge in [0.25, 0.3) is 0 Å². The second kappa shape index (κ2) is 8.89. The lowest BCUT2D eigenvalue weighted by molar-refractivity contribution is 0.180. The van der Waals surface area contributed by atoms with E-state index in [1.165, 1.54) is 22.5 Å². The molecule has 0 radical (unpaired) electrons. The van der Waals surface area contributed by atoms with Gasteiger partial charge in [-0.1, -0.05) is 42.5 Å². The highest BCUT2D eigenvalue weighted by Crippen LogP contribution is 2.29. The van der Waals surface area contributed by atoms with Crippen LogP contribution in [0.15, 0.2) is 70.3 Å². The molecule has 1 N–H and O–H groups in total. The summed E-state index contributed by atoms with van der Waals surface area (Å²) in [5.41, 5.74) is 4.95. The van der Waals surface area contributed by atoms with E-state index < -0.39 is 10.0 Å². The molecular formula is C23H27N3O2S2. The van der Waals surface area contributed by atoms with E-state index in [9.17, 15) is 8.42 Å². The molecule has 0 bridgehead atoms. The molecule has 158 valence electrons. The minimum Gasteiger partial charge on any atom is -0.378 e. The lowest BCUT2D eigenvalue weighted by atomic mass is 9.96. The molecule has 0 fully saturated rings. The number of benzene rings is 2. The Morgan fingerprint density at radius 3 is 2.43 bits per heavy atom. The Kier molecular flexibility index (Phi) is 6.24. The third-order valence-electron chi connectivity index (χ3n) is 5.62. The highest BCUT2D eigenvalue weighted by atomic mass is 32.2. The molecule has 0 aliphatic carbocycles. The molecule has 2 aromatic carbocycles. The van der Waals surface area contributed by atoms with E-state index in [-0.39, 0.29) is 6.04 Å². The van der Waals surface area contributed by atoms with E-state index in [2.05, 4.69) is 63.1 Å². The van der Waals surface area contributed by atoms with Gasteiger partial charge in [0, 0.05) is 45.5 Å². The van der Waals surface area contributed by atoms with Gasteiger partial charge in [0.1, 0.15) is 4.21 Å². The quantitative estimate of drug-likeness (QED) is 0.604. The van der Waals surface area contributed by atoms with Crippen molar-refractivity contribution >= 4 is 27.0 Å². The number of anilines is 1. The second-order valence-electron chi connectivity index (χ2n) is 7.77. The Morgan fingerprint density at radius 1 is 1.03 bits per heavy atom. The maximum Gasteiger partial charge on any atom is 0.250 e. The molecule has 1 aliphatic rings. The Hall–Kier alpha value is -2.19. The van der Waals surface area contributed by atoms with Crippen molar-refractivity contribution in [3.05, 3.63) is 82.7 Å². The largest absolute Gasteiger partial charge is 0.378 e. The van der Waals surface area contributed by atoms with E-state index in [4.69, 9.17) is 0 Å². The van der Waals surface area contributed by atoms with Gasteiger partial charge in [-0.05, 0) is 46.7 Å². The maximum absolute atomic E-state index is 12.7. The summed E-state index contributed by atoms with van der Waals surface area (Å²) in [4.78, 5) is 4.44. The number of rotatable bonds is 7. The first-order valence-corrected chi connectivity index (χ1v) is 12.4. The molecule has 30 heavy (non-hydrogen) atoms. The SMILES string of the molecule is CN(C)c1ccc([C@H](CNS(=O)(=O)c2cccs2)N2CCc3ccccc3C2)cc1. The van der Waals surface area contributed by atoms with Gasteiger partial charge in [-0.3, -0.25) is 4.90 Å². The molecule has 0 spiro atoms. The molecule has 7 heteroatoms. The summed E-state index contributed by atoms with van der Waals surface area (Å²) in [7, 11) is 0.527. The van der Waals surface area contributed by atoms with Crippen LogP contribution in [0, 0.1) is 0 Å². The summed E-state index contributed by atoms with van der Waals surface area (Å²) in [5.74, 6) is 0. The average molecular weight is 442 g/mol. The van der Waals surface area contributed by atoms with Crippen molar-refractivity contribution in [3.63, 3.8) is 0 Å². The van der Waals surface area contributed by atoms with Crippen molar-refractivity contribution in [2.24, 2.45) is 0 Å². The van der Waals surface area contributed by atoms with Gasteiger partial charge < -0.3 is 4.90 Å². The molecule has 1 aromatic heterocycles. The number of hydrogen-bond acceptors (Lipinski definition) is 5. The topological polar surface area (TPSA) is 52.7 Å². The fourth-order valence-electron chi connectivity index (χ4n) is 3.91. The highest BCUT2D eigenvalue weighted by Gasteiger charge is 2.27. The van der Waals surface area contributed by atoms with Crippen molar-refractivity contribution in [1.82, 2.24) is 9.62 Å². The van der Waals surface area contributed by atoms with Crippen LogP contribution in [0.4, 0.5) is 5.69 Å². The van der Waals surface area contributed by atoms with Gasteiger partial charge in [0.15, 0.2) is 0 Å².